The van der Waals surface area contributed by atoms with Gasteiger partial charge in [-0.25, -0.2) is 0 Å². The number of nitrogens with one attached hydrogen (secondary N) is 2. The molecule has 4 heteroatoms. The summed E-state index contributed by atoms with van der Waals surface area (Å²) in [6, 6.07) is 14.6. The number of anilines is 2. The zero-order chi connectivity index (χ0) is 14.4. The first-order valence-corrected chi connectivity index (χ1v) is 6.52. The van der Waals surface area contributed by atoms with Crippen LogP contribution in [0.3, 0.4) is 0 Å². The highest BCUT2D eigenvalue weighted by Gasteiger charge is 2.05. The number of carbonyl (C=O) groups excluding carboxylic acids is 1. The van der Waals surface area contributed by atoms with Crippen LogP contribution >= 0.6 is 0 Å². The molecule has 2 aromatic carbocycles. The average molecular weight is 270 g/mol. The second-order valence-corrected chi connectivity index (χ2v) is 4.29. The smallest absolute Gasteiger partial charge is 0.255 e. The van der Waals surface area contributed by atoms with Crippen LogP contribution < -0.4 is 15.4 Å². The molecule has 0 fully saturated rings. The maximum atomic E-state index is 12.1. The predicted molar refractivity (Wildman–Crippen MR) is 81.6 cm³/mol. The highest BCUT2D eigenvalue weighted by molar-refractivity contribution is 6.04. The van der Waals surface area contributed by atoms with Gasteiger partial charge < -0.3 is 15.4 Å². The monoisotopic (exact) mass is 270 g/mol. The average Bonchev–Trinajstić information content (AvgIpc) is 2.49. The van der Waals surface area contributed by atoms with Gasteiger partial charge in [-0.15, -0.1) is 0 Å². The number of benzene rings is 2. The molecule has 1 amide bonds. The number of amides is 1. The molecule has 2 aromatic rings. The lowest BCUT2D eigenvalue weighted by Crippen LogP contribution is -2.11. The number of ether oxygens (including phenoxy) is 1. The van der Waals surface area contributed by atoms with E-state index in [0.29, 0.717) is 5.56 Å². The third-order valence-electron chi connectivity index (χ3n) is 2.88. The highest BCUT2D eigenvalue weighted by Crippen LogP contribution is 2.16. The van der Waals surface area contributed by atoms with E-state index in [1.54, 1.807) is 19.2 Å². The van der Waals surface area contributed by atoms with Crippen molar-refractivity contribution in [1.29, 1.82) is 0 Å². The Kier molecular flexibility index (Phi) is 4.60. The molecule has 0 aromatic heterocycles. The van der Waals surface area contributed by atoms with Gasteiger partial charge in [0.1, 0.15) is 5.75 Å². The van der Waals surface area contributed by atoms with Crippen molar-refractivity contribution in [2.75, 3.05) is 24.3 Å². The highest BCUT2D eigenvalue weighted by atomic mass is 16.5. The van der Waals surface area contributed by atoms with Gasteiger partial charge in [0, 0.05) is 23.5 Å². The van der Waals surface area contributed by atoms with Gasteiger partial charge in [0.25, 0.3) is 5.91 Å². The molecular weight excluding hydrogens is 252 g/mol. The van der Waals surface area contributed by atoms with Gasteiger partial charge in [-0.05, 0) is 55.5 Å². The number of hydrogen-bond acceptors (Lipinski definition) is 3. The molecule has 0 spiro atoms. The Bertz CT molecular complexity index is 562. The van der Waals surface area contributed by atoms with E-state index in [9.17, 15) is 4.79 Å². The van der Waals surface area contributed by atoms with Crippen molar-refractivity contribution < 1.29 is 9.53 Å². The summed E-state index contributed by atoms with van der Waals surface area (Å²) < 4.78 is 5.08. The van der Waals surface area contributed by atoms with E-state index in [1.165, 1.54) is 0 Å². The van der Waals surface area contributed by atoms with E-state index in [4.69, 9.17) is 4.74 Å². The van der Waals surface area contributed by atoms with Crippen molar-refractivity contribution in [3.8, 4) is 5.75 Å². The number of rotatable bonds is 5. The van der Waals surface area contributed by atoms with Crippen LogP contribution in [0.2, 0.25) is 0 Å². The van der Waals surface area contributed by atoms with Gasteiger partial charge in [0.2, 0.25) is 0 Å². The summed E-state index contributed by atoms with van der Waals surface area (Å²) in [5.74, 6) is 0.635. The fourth-order valence-corrected chi connectivity index (χ4v) is 1.82. The van der Waals surface area contributed by atoms with Crippen LogP contribution in [-0.2, 0) is 0 Å². The van der Waals surface area contributed by atoms with Crippen LogP contribution in [0.4, 0.5) is 11.4 Å². The minimum absolute atomic E-state index is 0.127. The molecule has 104 valence electrons. The number of hydrogen-bond donors (Lipinski definition) is 2. The second kappa shape index (κ2) is 6.61. The van der Waals surface area contributed by atoms with Gasteiger partial charge in [-0.2, -0.15) is 0 Å². The fraction of sp³-hybridized carbons (Fsp3) is 0.188. The molecule has 2 N–H and O–H groups in total. The van der Waals surface area contributed by atoms with E-state index in [2.05, 4.69) is 10.6 Å². The van der Waals surface area contributed by atoms with Crippen molar-refractivity contribution in [2.24, 2.45) is 0 Å². The summed E-state index contributed by atoms with van der Waals surface area (Å²) in [7, 11) is 1.61. The zero-order valence-electron chi connectivity index (χ0n) is 11.6. The van der Waals surface area contributed by atoms with Crippen LogP contribution in [0.25, 0.3) is 0 Å². The van der Waals surface area contributed by atoms with Gasteiger partial charge in [0.15, 0.2) is 0 Å². The molecule has 0 aliphatic heterocycles. The first-order chi connectivity index (χ1) is 9.72. The van der Waals surface area contributed by atoms with Crippen molar-refractivity contribution in [1.82, 2.24) is 0 Å². The molecule has 0 atom stereocenters. The molecule has 0 saturated heterocycles. The van der Waals surface area contributed by atoms with Crippen molar-refractivity contribution in [3.05, 3.63) is 54.1 Å². The third kappa shape index (κ3) is 3.51. The van der Waals surface area contributed by atoms with Crippen molar-refractivity contribution in [2.45, 2.75) is 6.92 Å². The zero-order valence-corrected chi connectivity index (χ0v) is 11.6. The van der Waals surface area contributed by atoms with Crippen molar-refractivity contribution >= 4 is 17.3 Å². The van der Waals surface area contributed by atoms with Crippen molar-refractivity contribution in [3.63, 3.8) is 0 Å². The normalized spacial score (nSPS) is 9.90. The summed E-state index contributed by atoms with van der Waals surface area (Å²) in [5.41, 5.74) is 2.38. The third-order valence-corrected chi connectivity index (χ3v) is 2.88. The molecule has 0 heterocycles. The quantitative estimate of drug-likeness (QED) is 0.875. The molecule has 4 nitrogen and oxygen atoms in total. The van der Waals surface area contributed by atoms with Crippen LogP contribution in [0.1, 0.15) is 17.3 Å². The number of carbonyl (C=O) groups is 1. The van der Waals surface area contributed by atoms with Crippen LogP contribution in [0.5, 0.6) is 5.75 Å². The molecule has 0 bridgehead atoms. The lowest BCUT2D eigenvalue weighted by atomic mass is 10.2. The topological polar surface area (TPSA) is 50.4 Å². The molecule has 0 aliphatic carbocycles. The Balaban J connectivity index is 2.03. The van der Waals surface area contributed by atoms with E-state index in [-0.39, 0.29) is 5.91 Å². The first-order valence-electron chi connectivity index (χ1n) is 6.52. The number of methoxy groups -OCH3 is 1. The van der Waals surface area contributed by atoms with Crippen LogP contribution in [-0.4, -0.2) is 19.6 Å². The summed E-state index contributed by atoms with van der Waals surface area (Å²) in [6.07, 6.45) is 0. The summed E-state index contributed by atoms with van der Waals surface area (Å²) in [6.45, 7) is 2.89. The summed E-state index contributed by atoms with van der Waals surface area (Å²) >= 11 is 0. The maximum Gasteiger partial charge on any atom is 0.255 e. The minimum atomic E-state index is -0.127. The summed E-state index contributed by atoms with van der Waals surface area (Å²) in [4.78, 5) is 12.1. The SMILES string of the molecule is CCNc1ccc(C(=O)Nc2ccc(OC)cc2)cc1. The molecule has 0 aliphatic rings. The summed E-state index contributed by atoms with van der Waals surface area (Å²) in [5, 5.41) is 6.04. The Hall–Kier alpha value is -2.49. The molecule has 0 radical (unpaired) electrons. The predicted octanol–water partition coefficient (Wildman–Crippen LogP) is 3.38. The van der Waals surface area contributed by atoms with Crippen LogP contribution in [0.15, 0.2) is 48.5 Å². The molecule has 20 heavy (non-hydrogen) atoms. The van der Waals surface area contributed by atoms with Gasteiger partial charge in [-0.1, -0.05) is 0 Å². The Morgan fingerprint density at radius 2 is 1.60 bits per heavy atom. The lowest BCUT2D eigenvalue weighted by Gasteiger charge is -2.07. The Morgan fingerprint density at radius 3 is 2.15 bits per heavy atom. The Morgan fingerprint density at radius 1 is 1.00 bits per heavy atom. The Labute approximate surface area is 118 Å². The maximum absolute atomic E-state index is 12.1. The van der Waals surface area contributed by atoms with E-state index in [1.807, 2.05) is 43.3 Å². The van der Waals surface area contributed by atoms with E-state index in [0.717, 1.165) is 23.7 Å². The molecule has 2 rings (SSSR count). The lowest BCUT2D eigenvalue weighted by molar-refractivity contribution is 0.102. The van der Waals surface area contributed by atoms with E-state index >= 15 is 0 Å². The molecule has 0 unspecified atom stereocenters. The van der Waals surface area contributed by atoms with Gasteiger partial charge >= 0.3 is 0 Å². The second-order valence-electron chi connectivity index (χ2n) is 4.29. The minimum Gasteiger partial charge on any atom is -0.497 e. The molecule has 0 saturated carbocycles. The van der Waals surface area contributed by atoms with E-state index < -0.39 is 0 Å². The largest absolute Gasteiger partial charge is 0.497 e. The molecular formula is C16H18N2O2. The first kappa shape index (κ1) is 13.9. The standard InChI is InChI=1S/C16H18N2O2/c1-3-17-13-6-4-12(5-7-13)16(19)18-14-8-10-15(20-2)11-9-14/h4-11,17H,3H2,1-2H3,(H,18,19). The fourth-order valence-electron chi connectivity index (χ4n) is 1.82. The van der Waals surface area contributed by atoms with Crippen LogP contribution in [0, 0.1) is 0 Å². The van der Waals surface area contributed by atoms with Gasteiger partial charge in [-0.3, -0.25) is 4.79 Å². The van der Waals surface area contributed by atoms with Gasteiger partial charge in [0.05, 0.1) is 7.11 Å².